The number of methoxy groups -OCH3 is 1. The quantitative estimate of drug-likeness (QED) is 0.754. The largest absolute Gasteiger partial charge is 0.493 e. The topological polar surface area (TPSA) is 27.7 Å². The van der Waals surface area contributed by atoms with E-state index in [1.807, 2.05) is 48.5 Å². The van der Waals surface area contributed by atoms with Gasteiger partial charge in [0.2, 0.25) is 0 Å². The van der Waals surface area contributed by atoms with Crippen molar-refractivity contribution in [3.63, 3.8) is 0 Å². The Morgan fingerprint density at radius 1 is 0.789 bits per heavy atom. The first kappa shape index (κ1) is 13.7. The van der Waals surface area contributed by atoms with E-state index in [0.29, 0.717) is 13.2 Å². The Morgan fingerprint density at radius 2 is 1.32 bits per heavy atom. The molecule has 0 aromatic heterocycles. The highest BCUT2D eigenvalue weighted by Crippen LogP contribution is 2.26. The summed E-state index contributed by atoms with van der Waals surface area (Å²) in [5.41, 5.74) is 0. The summed E-state index contributed by atoms with van der Waals surface area (Å²) in [6.45, 7) is 0.933. The van der Waals surface area contributed by atoms with Gasteiger partial charge in [-0.25, -0.2) is 0 Å². The molecule has 0 amide bonds. The molecule has 0 saturated heterocycles. The zero-order valence-corrected chi connectivity index (χ0v) is 12.2. The average Bonchev–Trinajstić information content (AvgIpc) is 2.45. The molecule has 0 spiro atoms. The Balaban J connectivity index is 1.83. The number of benzene rings is 2. The summed E-state index contributed by atoms with van der Waals surface area (Å²) < 4.78 is 17.4. The molecule has 0 radical (unpaired) electrons. The van der Waals surface area contributed by atoms with E-state index in [0.717, 1.165) is 21.7 Å². The van der Waals surface area contributed by atoms with Crippen LogP contribution in [0.4, 0.5) is 0 Å². The Hall–Kier alpha value is -1.68. The van der Waals surface area contributed by atoms with E-state index in [1.165, 1.54) is 0 Å². The van der Waals surface area contributed by atoms with Crippen LogP contribution in [0.2, 0.25) is 0 Å². The lowest BCUT2D eigenvalue weighted by Gasteiger charge is -2.11. The monoisotopic (exact) mass is 322 g/mol. The van der Waals surface area contributed by atoms with Crippen LogP contribution in [0.15, 0.2) is 53.0 Å². The zero-order valence-electron chi connectivity index (χ0n) is 10.6. The molecule has 0 aliphatic heterocycles. The molecule has 100 valence electrons. The van der Waals surface area contributed by atoms with Gasteiger partial charge in [0.15, 0.2) is 11.5 Å². The maximum absolute atomic E-state index is 5.62. The smallest absolute Gasteiger partial charge is 0.161 e. The first-order valence-electron chi connectivity index (χ1n) is 5.94. The lowest BCUT2D eigenvalue weighted by Crippen LogP contribution is -2.09. The number of para-hydroxylation sites is 3. The third kappa shape index (κ3) is 3.89. The number of hydrogen-bond acceptors (Lipinski definition) is 3. The molecule has 0 bridgehead atoms. The van der Waals surface area contributed by atoms with Crippen molar-refractivity contribution in [3.8, 4) is 17.2 Å². The number of rotatable bonds is 6. The van der Waals surface area contributed by atoms with Gasteiger partial charge in [0.1, 0.15) is 19.0 Å². The number of hydrogen-bond donors (Lipinski definition) is 0. The van der Waals surface area contributed by atoms with E-state index in [9.17, 15) is 0 Å². The van der Waals surface area contributed by atoms with Crippen LogP contribution >= 0.6 is 15.9 Å². The molecule has 0 saturated carbocycles. The van der Waals surface area contributed by atoms with Crippen molar-refractivity contribution in [1.82, 2.24) is 0 Å². The summed E-state index contributed by atoms with van der Waals surface area (Å²) in [7, 11) is 1.62. The second kappa shape index (κ2) is 7.04. The van der Waals surface area contributed by atoms with Gasteiger partial charge < -0.3 is 14.2 Å². The van der Waals surface area contributed by atoms with Gasteiger partial charge in [-0.3, -0.25) is 0 Å². The fourth-order valence-corrected chi connectivity index (χ4v) is 2.00. The standard InChI is InChI=1S/C15H15BrO3/c1-17-14-8-4-5-9-15(14)19-11-10-18-13-7-3-2-6-12(13)16/h2-9H,10-11H2,1H3. The highest BCUT2D eigenvalue weighted by atomic mass is 79.9. The lowest BCUT2D eigenvalue weighted by molar-refractivity contribution is 0.210. The van der Waals surface area contributed by atoms with Crippen LogP contribution in [0.25, 0.3) is 0 Å². The van der Waals surface area contributed by atoms with Gasteiger partial charge in [0.05, 0.1) is 11.6 Å². The van der Waals surface area contributed by atoms with Crippen molar-refractivity contribution in [2.24, 2.45) is 0 Å². The average molecular weight is 323 g/mol. The van der Waals surface area contributed by atoms with Crippen molar-refractivity contribution >= 4 is 15.9 Å². The molecule has 0 fully saturated rings. The summed E-state index contributed by atoms with van der Waals surface area (Å²) in [6, 6.07) is 15.3. The van der Waals surface area contributed by atoms with E-state index in [4.69, 9.17) is 14.2 Å². The first-order valence-corrected chi connectivity index (χ1v) is 6.73. The maximum Gasteiger partial charge on any atom is 0.161 e. The molecule has 0 N–H and O–H groups in total. The summed E-state index contributed by atoms with van der Waals surface area (Å²) in [4.78, 5) is 0. The minimum Gasteiger partial charge on any atom is -0.493 e. The zero-order chi connectivity index (χ0) is 13.5. The highest BCUT2D eigenvalue weighted by molar-refractivity contribution is 9.10. The van der Waals surface area contributed by atoms with E-state index in [2.05, 4.69) is 15.9 Å². The highest BCUT2D eigenvalue weighted by Gasteiger charge is 2.03. The fraction of sp³-hybridized carbons (Fsp3) is 0.200. The summed E-state index contributed by atoms with van der Waals surface area (Å²) in [5.74, 6) is 2.26. The number of ether oxygens (including phenoxy) is 3. The maximum atomic E-state index is 5.62. The van der Waals surface area contributed by atoms with Gasteiger partial charge >= 0.3 is 0 Å². The van der Waals surface area contributed by atoms with E-state index >= 15 is 0 Å². The molecule has 0 atom stereocenters. The van der Waals surface area contributed by atoms with Crippen LogP contribution < -0.4 is 14.2 Å². The van der Waals surface area contributed by atoms with Crippen LogP contribution in [0.1, 0.15) is 0 Å². The Kier molecular flexibility index (Phi) is 5.10. The van der Waals surface area contributed by atoms with Gasteiger partial charge in [-0.2, -0.15) is 0 Å². The molecule has 19 heavy (non-hydrogen) atoms. The third-order valence-electron chi connectivity index (χ3n) is 2.50. The molecule has 4 heteroatoms. The number of halogens is 1. The molecule has 0 heterocycles. The van der Waals surface area contributed by atoms with Crippen molar-refractivity contribution in [3.05, 3.63) is 53.0 Å². The molecule has 2 aromatic rings. The van der Waals surface area contributed by atoms with Gasteiger partial charge in [-0.1, -0.05) is 24.3 Å². The summed E-state index contributed by atoms with van der Waals surface area (Å²) in [5, 5.41) is 0. The Bertz CT molecular complexity index is 528. The van der Waals surface area contributed by atoms with Crippen molar-refractivity contribution in [1.29, 1.82) is 0 Å². The lowest BCUT2D eigenvalue weighted by atomic mass is 10.3. The summed E-state index contributed by atoms with van der Waals surface area (Å²) in [6.07, 6.45) is 0. The van der Waals surface area contributed by atoms with Crippen LogP contribution in [0.3, 0.4) is 0 Å². The molecule has 2 rings (SSSR count). The first-order chi connectivity index (χ1) is 9.31. The predicted octanol–water partition coefficient (Wildman–Crippen LogP) is 3.92. The SMILES string of the molecule is COc1ccccc1OCCOc1ccccc1Br. The Morgan fingerprint density at radius 3 is 1.95 bits per heavy atom. The predicted molar refractivity (Wildman–Crippen MR) is 78.1 cm³/mol. The van der Waals surface area contributed by atoms with Crippen molar-refractivity contribution < 1.29 is 14.2 Å². The molecule has 0 aliphatic rings. The van der Waals surface area contributed by atoms with Crippen LogP contribution in [-0.2, 0) is 0 Å². The molecule has 3 nitrogen and oxygen atoms in total. The second-order valence-electron chi connectivity index (χ2n) is 3.78. The fourth-order valence-electron chi connectivity index (χ4n) is 1.60. The minimum absolute atomic E-state index is 0.460. The van der Waals surface area contributed by atoms with E-state index in [1.54, 1.807) is 7.11 Å². The van der Waals surface area contributed by atoms with Crippen LogP contribution in [-0.4, -0.2) is 20.3 Å². The van der Waals surface area contributed by atoms with Gasteiger partial charge in [0.25, 0.3) is 0 Å². The van der Waals surface area contributed by atoms with Gasteiger partial charge in [-0.05, 0) is 40.2 Å². The van der Waals surface area contributed by atoms with Gasteiger partial charge in [0, 0.05) is 0 Å². The molecular weight excluding hydrogens is 308 g/mol. The van der Waals surface area contributed by atoms with Crippen molar-refractivity contribution in [2.75, 3.05) is 20.3 Å². The Labute approximate surface area is 121 Å². The minimum atomic E-state index is 0.460. The normalized spacial score (nSPS) is 10.0. The second-order valence-corrected chi connectivity index (χ2v) is 4.63. The molecule has 2 aromatic carbocycles. The van der Waals surface area contributed by atoms with Crippen LogP contribution in [0.5, 0.6) is 17.2 Å². The molecule has 0 aliphatic carbocycles. The van der Waals surface area contributed by atoms with Crippen LogP contribution in [0, 0.1) is 0 Å². The van der Waals surface area contributed by atoms with Gasteiger partial charge in [-0.15, -0.1) is 0 Å². The van der Waals surface area contributed by atoms with E-state index in [-0.39, 0.29) is 0 Å². The third-order valence-corrected chi connectivity index (χ3v) is 3.16. The van der Waals surface area contributed by atoms with Crippen molar-refractivity contribution in [2.45, 2.75) is 0 Å². The summed E-state index contributed by atoms with van der Waals surface area (Å²) >= 11 is 3.43. The molecular formula is C15H15BrO3. The molecule has 0 unspecified atom stereocenters. The van der Waals surface area contributed by atoms with E-state index < -0.39 is 0 Å².